The van der Waals surface area contributed by atoms with Crippen LogP contribution in [-0.2, 0) is 74.3 Å². The molecule has 0 bridgehead atoms. The molecule has 3 fully saturated rings. The highest BCUT2D eigenvalue weighted by molar-refractivity contribution is 7.89. The summed E-state index contributed by atoms with van der Waals surface area (Å²) in [6.07, 6.45) is 3.61. The first-order valence-electron chi connectivity index (χ1n) is 22.6. The molecule has 3 aliphatic heterocycles. The number of rotatable bonds is 25. The Kier molecular flexibility index (Phi) is 19.8. The molecule has 0 spiro atoms. The highest BCUT2D eigenvalue weighted by Crippen LogP contribution is 2.29. The Morgan fingerprint density at radius 2 is 1.22 bits per heavy atom. The van der Waals surface area contributed by atoms with Gasteiger partial charge in [0.25, 0.3) is 0 Å². The SMILES string of the molecule is COC(=O)CN(CCN(CC(=O)Cc1ccc(S(N)(=O)=O)cc1)CC(=O)N1CCC[C@H]1C(=O)N1CCC[C@H]1C(=O)N1CCC[C@H]1C(=O)NCCOCCC=O)CC(=O)Nc1ccc(S(N)(=O)=O)cc1. The number of Topliss-reactive ketones (excluding diaryl/α,β-unsaturated/α-hetero) is 1. The molecule has 0 aromatic heterocycles. The number of carbonyl (C=O) groups is 8. The fraction of sp³-hybridized carbons (Fsp3) is 0.545. The van der Waals surface area contributed by atoms with Gasteiger partial charge in [0.15, 0.2) is 5.78 Å². The Morgan fingerprint density at radius 3 is 1.78 bits per heavy atom. The normalized spacial score (nSPS) is 18.4. The zero-order valence-electron chi connectivity index (χ0n) is 38.5. The van der Waals surface area contributed by atoms with Crippen LogP contribution in [-0.4, -0.2) is 193 Å². The number of sulfonamides is 2. The van der Waals surface area contributed by atoms with Gasteiger partial charge in [0.05, 0.1) is 56.3 Å². The van der Waals surface area contributed by atoms with Crippen LogP contribution in [0.1, 0.15) is 50.5 Å². The van der Waals surface area contributed by atoms with Gasteiger partial charge in [-0.25, -0.2) is 27.1 Å². The molecular weight excluding hydrogens is 943 g/mol. The standard InChI is InChI=1S/C44H61N9O14S2/c1-66-41(58)30-50(28-39(56)48-32-11-15-35(16-12-32)69(46,64)65)22-21-49(27-33(55)26-31-9-13-34(14-10-31)68(45,62)63)29-40(57)51-18-3-7-37(51)43(60)53-20-4-8-38(53)44(61)52-19-2-6-36(52)42(59)47-17-25-67-24-5-23-54/h9-16,23,36-38H,2-8,17-22,24-30H2,1H3,(H,47,59)(H,48,56)(H2,45,62,63)(H2,46,64,65)/t36-,37-,38-/m0/s1. The lowest BCUT2D eigenvalue weighted by molar-refractivity contribution is -0.150. The number of methoxy groups -OCH3 is 1. The molecule has 2 aromatic carbocycles. The van der Waals surface area contributed by atoms with E-state index in [9.17, 15) is 55.2 Å². The fourth-order valence-electron chi connectivity index (χ4n) is 8.59. The van der Waals surface area contributed by atoms with Crippen LogP contribution in [0.3, 0.4) is 0 Å². The van der Waals surface area contributed by atoms with Gasteiger partial charge in [-0.15, -0.1) is 0 Å². The Balaban J connectivity index is 1.28. The molecule has 378 valence electrons. The van der Waals surface area contributed by atoms with E-state index in [2.05, 4.69) is 10.6 Å². The van der Waals surface area contributed by atoms with Crippen molar-refractivity contribution >= 4 is 73.3 Å². The second-order valence-corrected chi connectivity index (χ2v) is 20.1. The van der Waals surface area contributed by atoms with E-state index in [0.29, 0.717) is 50.6 Å². The maximum Gasteiger partial charge on any atom is 0.319 e. The topological polar surface area (TPSA) is 316 Å². The van der Waals surface area contributed by atoms with E-state index < -0.39 is 61.9 Å². The van der Waals surface area contributed by atoms with Gasteiger partial charge in [0.1, 0.15) is 24.4 Å². The number of hydrogen-bond donors (Lipinski definition) is 4. The van der Waals surface area contributed by atoms with Crippen LogP contribution >= 0.6 is 0 Å². The Morgan fingerprint density at radius 1 is 0.696 bits per heavy atom. The number of ether oxygens (including phenoxy) is 2. The van der Waals surface area contributed by atoms with Gasteiger partial charge in [-0.05, 0) is 80.5 Å². The van der Waals surface area contributed by atoms with E-state index in [4.69, 9.17) is 19.8 Å². The third kappa shape index (κ3) is 15.9. The number of esters is 1. The number of nitrogens with two attached hydrogens (primary N) is 2. The van der Waals surface area contributed by atoms with Crippen molar-refractivity contribution in [3.8, 4) is 0 Å². The van der Waals surface area contributed by atoms with Gasteiger partial charge in [-0.2, -0.15) is 0 Å². The molecule has 3 aliphatic rings. The van der Waals surface area contributed by atoms with E-state index in [-0.39, 0.29) is 118 Å². The van der Waals surface area contributed by atoms with Crippen molar-refractivity contribution < 1.29 is 64.7 Å². The van der Waals surface area contributed by atoms with Crippen molar-refractivity contribution in [2.24, 2.45) is 10.3 Å². The third-order valence-electron chi connectivity index (χ3n) is 12.0. The van der Waals surface area contributed by atoms with Gasteiger partial charge in [-0.3, -0.25) is 43.4 Å². The molecule has 0 aliphatic carbocycles. The first-order chi connectivity index (χ1) is 32.8. The average molecular weight is 1000 g/mol. The first-order valence-corrected chi connectivity index (χ1v) is 25.7. The van der Waals surface area contributed by atoms with E-state index in [1.54, 1.807) is 0 Å². The number of nitrogens with zero attached hydrogens (tertiary/aromatic N) is 5. The maximum absolute atomic E-state index is 14.4. The van der Waals surface area contributed by atoms with Crippen LogP contribution in [0.2, 0.25) is 0 Å². The minimum absolute atomic E-state index is 0.0396. The molecule has 69 heavy (non-hydrogen) atoms. The molecule has 6 N–H and O–H groups in total. The van der Waals surface area contributed by atoms with Crippen LogP contribution in [0.5, 0.6) is 0 Å². The molecule has 0 radical (unpaired) electrons. The van der Waals surface area contributed by atoms with Gasteiger partial charge < -0.3 is 39.6 Å². The quantitative estimate of drug-likeness (QED) is 0.0485. The van der Waals surface area contributed by atoms with Gasteiger partial charge in [0.2, 0.25) is 49.6 Å². The number of primary sulfonamides is 2. The number of likely N-dealkylation sites (tertiary alicyclic amines) is 3. The molecule has 5 rings (SSSR count). The molecule has 0 unspecified atom stereocenters. The smallest absolute Gasteiger partial charge is 0.319 e. The lowest BCUT2D eigenvalue weighted by Crippen LogP contribution is -2.56. The van der Waals surface area contributed by atoms with Crippen molar-refractivity contribution in [3.05, 3.63) is 54.1 Å². The van der Waals surface area contributed by atoms with Crippen LogP contribution in [0.15, 0.2) is 58.3 Å². The predicted octanol–water partition coefficient (Wildman–Crippen LogP) is -1.80. The number of ketones is 1. The summed E-state index contributed by atoms with van der Waals surface area (Å²) in [5.74, 6) is -3.19. The Bertz CT molecular complexity index is 2410. The summed E-state index contributed by atoms with van der Waals surface area (Å²) in [6, 6.07) is 8.07. The number of nitrogens with one attached hydrogen (secondary N) is 2. The molecule has 3 heterocycles. The number of carbonyl (C=O) groups excluding carboxylic acids is 8. The van der Waals surface area contributed by atoms with E-state index in [1.807, 2.05) is 0 Å². The van der Waals surface area contributed by atoms with Crippen molar-refractivity contribution in [2.75, 3.05) is 91.1 Å². The fourth-order valence-corrected chi connectivity index (χ4v) is 9.63. The molecule has 3 saturated heterocycles. The van der Waals surface area contributed by atoms with E-state index in [0.717, 1.165) is 6.29 Å². The minimum Gasteiger partial charge on any atom is -0.468 e. The number of hydrogen-bond acceptors (Lipinski definition) is 16. The summed E-state index contributed by atoms with van der Waals surface area (Å²) >= 11 is 0. The molecule has 3 atom stereocenters. The van der Waals surface area contributed by atoms with Crippen LogP contribution in [0.25, 0.3) is 0 Å². The van der Waals surface area contributed by atoms with Crippen LogP contribution in [0.4, 0.5) is 5.69 Å². The largest absolute Gasteiger partial charge is 0.468 e. The second kappa shape index (κ2) is 25.2. The summed E-state index contributed by atoms with van der Waals surface area (Å²) in [4.78, 5) is 113. The van der Waals surface area contributed by atoms with Crippen molar-refractivity contribution in [2.45, 2.75) is 79.3 Å². The average Bonchev–Trinajstić information content (AvgIpc) is 4.11. The highest BCUT2D eigenvalue weighted by atomic mass is 32.2. The summed E-state index contributed by atoms with van der Waals surface area (Å²) in [5.41, 5.74) is 0.714. The minimum atomic E-state index is -3.99. The molecular formula is C44H61N9O14S2. The number of anilines is 1. The van der Waals surface area contributed by atoms with Crippen LogP contribution in [0, 0.1) is 0 Å². The summed E-state index contributed by atoms with van der Waals surface area (Å²) in [7, 11) is -6.80. The number of amides is 5. The van der Waals surface area contributed by atoms with E-state index in [1.165, 1.54) is 80.1 Å². The number of aldehydes is 1. The Labute approximate surface area is 401 Å². The summed E-state index contributed by atoms with van der Waals surface area (Å²) < 4.78 is 57.1. The molecule has 25 heteroatoms. The second-order valence-electron chi connectivity index (χ2n) is 17.0. The van der Waals surface area contributed by atoms with Crippen molar-refractivity contribution in [1.29, 1.82) is 0 Å². The maximum atomic E-state index is 14.4. The van der Waals surface area contributed by atoms with Gasteiger partial charge in [-0.1, -0.05) is 12.1 Å². The third-order valence-corrected chi connectivity index (χ3v) is 13.9. The van der Waals surface area contributed by atoms with Gasteiger partial charge >= 0.3 is 5.97 Å². The van der Waals surface area contributed by atoms with Crippen molar-refractivity contribution in [1.82, 2.24) is 29.8 Å². The van der Waals surface area contributed by atoms with Crippen LogP contribution < -0.4 is 20.9 Å². The summed E-state index contributed by atoms with van der Waals surface area (Å²) in [6.45, 7) is 0.0149. The molecule has 5 amide bonds. The zero-order chi connectivity index (χ0) is 50.3. The molecule has 0 saturated carbocycles. The molecule has 23 nitrogen and oxygen atoms in total. The molecule has 2 aromatic rings. The first kappa shape index (κ1) is 54.2. The predicted molar refractivity (Wildman–Crippen MR) is 247 cm³/mol. The monoisotopic (exact) mass is 1000 g/mol. The highest BCUT2D eigenvalue weighted by Gasteiger charge is 2.45. The summed E-state index contributed by atoms with van der Waals surface area (Å²) in [5, 5.41) is 15.8. The van der Waals surface area contributed by atoms with E-state index >= 15 is 0 Å². The van der Waals surface area contributed by atoms with Gasteiger partial charge in [0, 0.05) is 57.8 Å². The Hall–Kier alpha value is -5.70. The zero-order valence-corrected chi connectivity index (χ0v) is 40.1. The number of benzene rings is 2. The lowest BCUT2D eigenvalue weighted by Gasteiger charge is -2.34. The lowest BCUT2D eigenvalue weighted by atomic mass is 10.1. The van der Waals surface area contributed by atoms with Crippen molar-refractivity contribution in [3.63, 3.8) is 0 Å².